The van der Waals surface area contributed by atoms with E-state index < -0.39 is 18.2 Å². The molecule has 114 valence electrons. The molecule has 1 aromatic rings. The lowest BCUT2D eigenvalue weighted by Crippen LogP contribution is -2.37. The summed E-state index contributed by atoms with van der Waals surface area (Å²) in [4.78, 5) is 22.9. The average Bonchev–Trinajstić information content (AvgIpc) is 2.88. The number of carbonyl (C=O) groups is 2. The lowest BCUT2D eigenvalue weighted by Gasteiger charge is -2.18. The number of carboxylic acid groups (broad SMARTS) is 1. The Morgan fingerprint density at radius 3 is 2.57 bits per heavy atom. The number of hydrogen-bond acceptors (Lipinski definition) is 3. The zero-order valence-electron chi connectivity index (χ0n) is 11.3. The summed E-state index contributed by atoms with van der Waals surface area (Å²) in [6, 6.07) is 4.71. The molecule has 5 nitrogen and oxygen atoms in total. The van der Waals surface area contributed by atoms with Gasteiger partial charge in [-0.2, -0.15) is 0 Å². The number of amides is 1. The second-order valence-electron chi connectivity index (χ2n) is 4.93. The molecule has 1 amide bonds. The van der Waals surface area contributed by atoms with Crippen LogP contribution in [0, 0.1) is 0 Å². The van der Waals surface area contributed by atoms with Crippen LogP contribution < -0.4 is 5.32 Å². The highest BCUT2D eigenvalue weighted by atomic mass is 35.5. The number of aliphatic carboxylic acids is 1. The summed E-state index contributed by atoms with van der Waals surface area (Å²) >= 11 is 11.9. The number of halogens is 2. The van der Waals surface area contributed by atoms with Gasteiger partial charge in [-0.1, -0.05) is 29.3 Å². The molecule has 0 spiro atoms. The van der Waals surface area contributed by atoms with Gasteiger partial charge in [-0.25, -0.2) is 4.79 Å². The Morgan fingerprint density at radius 1 is 1.33 bits per heavy atom. The quantitative estimate of drug-likeness (QED) is 0.889. The number of nitrogens with one attached hydrogen (secondary N) is 1. The standard InChI is InChI=1S/C14H15Cl2NO4/c1-7(9-3-2-8(15)6-10(9)16)17-13(18)11-4-5-12(21-11)14(19)20/h2-3,6-7,11-12H,4-5H2,1H3,(H,17,18)(H,19,20). The van der Waals surface area contributed by atoms with Crippen molar-refractivity contribution in [1.82, 2.24) is 5.32 Å². The first kappa shape index (κ1) is 16.1. The summed E-state index contributed by atoms with van der Waals surface area (Å²) in [5, 5.41) is 12.6. The summed E-state index contributed by atoms with van der Waals surface area (Å²) in [5.41, 5.74) is 0.738. The number of benzene rings is 1. The highest BCUT2D eigenvalue weighted by molar-refractivity contribution is 6.35. The fraction of sp³-hybridized carbons (Fsp3) is 0.429. The number of carboxylic acids is 1. The van der Waals surface area contributed by atoms with Crippen molar-refractivity contribution < 1.29 is 19.4 Å². The third-order valence-electron chi connectivity index (χ3n) is 3.38. The lowest BCUT2D eigenvalue weighted by molar-refractivity contribution is -0.151. The molecule has 0 radical (unpaired) electrons. The topological polar surface area (TPSA) is 75.6 Å². The predicted molar refractivity (Wildman–Crippen MR) is 78.6 cm³/mol. The van der Waals surface area contributed by atoms with Gasteiger partial charge in [-0.15, -0.1) is 0 Å². The molecule has 1 heterocycles. The van der Waals surface area contributed by atoms with Crippen LogP contribution in [0.2, 0.25) is 10.0 Å². The molecule has 2 rings (SSSR count). The van der Waals surface area contributed by atoms with Crippen LogP contribution in [0.1, 0.15) is 31.4 Å². The van der Waals surface area contributed by atoms with Gasteiger partial charge in [0, 0.05) is 10.0 Å². The van der Waals surface area contributed by atoms with E-state index in [2.05, 4.69) is 5.32 Å². The summed E-state index contributed by atoms with van der Waals surface area (Å²) < 4.78 is 5.21. The van der Waals surface area contributed by atoms with Crippen molar-refractivity contribution in [1.29, 1.82) is 0 Å². The fourth-order valence-corrected chi connectivity index (χ4v) is 2.82. The molecule has 7 heteroatoms. The van der Waals surface area contributed by atoms with E-state index in [4.69, 9.17) is 33.0 Å². The van der Waals surface area contributed by atoms with Gasteiger partial charge in [0.05, 0.1) is 6.04 Å². The summed E-state index contributed by atoms with van der Waals surface area (Å²) in [6.45, 7) is 1.79. The van der Waals surface area contributed by atoms with E-state index in [1.54, 1.807) is 25.1 Å². The molecule has 21 heavy (non-hydrogen) atoms. The Balaban J connectivity index is 1.98. The van der Waals surface area contributed by atoms with Crippen LogP contribution in [0.5, 0.6) is 0 Å². The Hall–Kier alpha value is -1.30. The molecule has 1 aromatic carbocycles. The van der Waals surface area contributed by atoms with Gasteiger partial charge in [-0.05, 0) is 37.5 Å². The van der Waals surface area contributed by atoms with Crippen LogP contribution >= 0.6 is 23.2 Å². The first-order valence-corrected chi connectivity index (χ1v) is 7.27. The summed E-state index contributed by atoms with van der Waals surface area (Å²) in [5.74, 6) is -1.38. The zero-order valence-corrected chi connectivity index (χ0v) is 12.8. The number of ether oxygens (including phenoxy) is 1. The van der Waals surface area contributed by atoms with Crippen molar-refractivity contribution in [2.75, 3.05) is 0 Å². The van der Waals surface area contributed by atoms with Crippen molar-refractivity contribution in [3.05, 3.63) is 33.8 Å². The van der Waals surface area contributed by atoms with Crippen LogP contribution in [0.4, 0.5) is 0 Å². The minimum Gasteiger partial charge on any atom is -0.479 e. The Morgan fingerprint density at radius 2 is 2.00 bits per heavy atom. The maximum absolute atomic E-state index is 12.1. The van der Waals surface area contributed by atoms with Crippen LogP contribution in [0.3, 0.4) is 0 Å². The summed E-state index contributed by atoms with van der Waals surface area (Å²) in [6.07, 6.45) is -0.914. The molecule has 1 aliphatic rings. The summed E-state index contributed by atoms with van der Waals surface area (Å²) in [7, 11) is 0. The van der Waals surface area contributed by atoms with Crippen molar-refractivity contribution in [3.63, 3.8) is 0 Å². The Bertz CT molecular complexity index is 564. The van der Waals surface area contributed by atoms with E-state index in [0.29, 0.717) is 22.9 Å². The van der Waals surface area contributed by atoms with Gasteiger partial charge in [-0.3, -0.25) is 4.79 Å². The first-order valence-electron chi connectivity index (χ1n) is 6.52. The third kappa shape index (κ3) is 3.87. The van der Waals surface area contributed by atoms with Crippen LogP contribution in [0.25, 0.3) is 0 Å². The molecular formula is C14H15Cl2NO4. The molecule has 2 N–H and O–H groups in total. The third-order valence-corrected chi connectivity index (χ3v) is 3.94. The average molecular weight is 332 g/mol. The van der Waals surface area contributed by atoms with Gasteiger partial charge in [0.15, 0.2) is 6.10 Å². The Kier molecular flexibility index (Phi) is 5.08. The van der Waals surface area contributed by atoms with Gasteiger partial charge < -0.3 is 15.2 Å². The number of hydrogen-bond donors (Lipinski definition) is 2. The second kappa shape index (κ2) is 6.64. The van der Waals surface area contributed by atoms with E-state index in [1.807, 2.05) is 0 Å². The molecule has 0 aromatic heterocycles. The van der Waals surface area contributed by atoms with Crippen molar-refractivity contribution in [2.24, 2.45) is 0 Å². The fourth-order valence-electron chi connectivity index (χ4n) is 2.25. The first-order chi connectivity index (χ1) is 9.88. The van der Waals surface area contributed by atoms with Gasteiger partial charge in [0.1, 0.15) is 6.10 Å². The lowest BCUT2D eigenvalue weighted by atomic mass is 10.1. The molecule has 1 aliphatic heterocycles. The molecule has 1 saturated heterocycles. The minimum atomic E-state index is -1.04. The number of rotatable bonds is 4. The van der Waals surface area contributed by atoms with Crippen molar-refractivity contribution in [2.45, 2.75) is 38.0 Å². The van der Waals surface area contributed by atoms with Crippen molar-refractivity contribution in [3.8, 4) is 0 Å². The smallest absolute Gasteiger partial charge is 0.332 e. The largest absolute Gasteiger partial charge is 0.479 e. The van der Waals surface area contributed by atoms with E-state index >= 15 is 0 Å². The molecule has 0 bridgehead atoms. The van der Waals surface area contributed by atoms with E-state index in [9.17, 15) is 9.59 Å². The van der Waals surface area contributed by atoms with Crippen LogP contribution in [0.15, 0.2) is 18.2 Å². The van der Waals surface area contributed by atoms with E-state index in [0.717, 1.165) is 5.56 Å². The van der Waals surface area contributed by atoms with Crippen LogP contribution in [-0.4, -0.2) is 29.2 Å². The van der Waals surface area contributed by atoms with Crippen molar-refractivity contribution >= 4 is 35.1 Å². The van der Waals surface area contributed by atoms with Gasteiger partial charge in [0.25, 0.3) is 0 Å². The molecule has 1 fully saturated rings. The van der Waals surface area contributed by atoms with E-state index in [-0.39, 0.29) is 11.9 Å². The second-order valence-corrected chi connectivity index (χ2v) is 5.77. The SMILES string of the molecule is CC(NC(=O)C1CCC(C(=O)O)O1)c1ccc(Cl)cc1Cl. The van der Waals surface area contributed by atoms with Crippen LogP contribution in [-0.2, 0) is 14.3 Å². The molecule has 0 aliphatic carbocycles. The molecule has 0 saturated carbocycles. The molecular weight excluding hydrogens is 317 g/mol. The highest BCUT2D eigenvalue weighted by Crippen LogP contribution is 2.27. The number of carbonyl (C=O) groups excluding carboxylic acids is 1. The monoisotopic (exact) mass is 331 g/mol. The van der Waals surface area contributed by atoms with E-state index in [1.165, 1.54) is 0 Å². The van der Waals surface area contributed by atoms with Gasteiger partial charge >= 0.3 is 5.97 Å². The Labute approximate surface area is 132 Å². The zero-order chi connectivity index (χ0) is 15.6. The predicted octanol–water partition coefficient (Wildman–Crippen LogP) is 2.80. The maximum atomic E-state index is 12.1. The minimum absolute atomic E-state index is 0.324. The highest BCUT2D eigenvalue weighted by Gasteiger charge is 2.35. The maximum Gasteiger partial charge on any atom is 0.332 e. The van der Waals surface area contributed by atoms with Gasteiger partial charge in [0.2, 0.25) is 5.91 Å². The normalized spacial score (nSPS) is 22.8. The molecule has 3 unspecified atom stereocenters. The molecule has 3 atom stereocenters.